The number of carboxylic acids is 1. The van der Waals surface area contributed by atoms with Crippen LogP contribution >= 0.6 is 0 Å². The summed E-state index contributed by atoms with van der Waals surface area (Å²) < 4.78 is 32.6. The molecule has 132 valence electrons. The van der Waals surface area contributed by atoms with Gasteiger partial charge in [-0.25, -0.2) is 5.01 Å². The van der Waals surface area contributed by atoms with Crippen molar-refractivity contribution >= 4 is 32.5 Å². The Balaban J connectivity index is 1.98. The second kappa shape index (κ2) is 6.81. The SMILES string of the molecule is O=C(O)CCN1CC=CN(c2ccc(S(=O)(=O)O)c3ccccc23)N1. The molecule has 0 saturated carbocycles. The number of hydrogen-bond acceptors (Lipinski definition) is 6. The minimum atomic E-state index is -4.34. The zero-order valence-electron chi connectivity index (χ0n) is 13.2. The van der Waals surface area contributed by atoms with Crippen LogP contribution in [0.5, 0.6) is 0 Å². The van der Waals surface area contributed by atoms with Crippen LogP contribution in [-0.2, 0) is 14.9 Å². The van der Waals surface area contributed by atoms with E-state index in [0.717, 1.165) is 0 Å². The van der Waals surface area contributed by atoms with E-state index in [2.05, 4.69) is 5.53 Å². The van der Waals surface area contributed by atoms with Crippen molar-refractivity contribution in [3.8, 4) is 0 Å². The molecule has 0 radical (unpaired) electrons. The number of nitrogens with one attached hydrogen (secondary N) is 1. The van der Waals surface area contributed by atoms with Crippen LogP contribution in [0.25, 0.3) is 10.8 Å². The Morgan fingerprint density at radius 3 is 2.56 bits per heavy atom. The molecule has 0 spiro atoms. The summed E-state index contributed by atoms with van der Waals surface area (Å²) in [6.07, 6.45) is 3.65. The van der Waals surface area contributed by atoms with E-state index in [1.54, 1.807) is 46.5 Å². The molecule has 0 unspecified atom stereocenters. The molecule has 0 aliphatic carbocycles. The molecule has 1 aliphatic rings. The summed E-state index contributed by atoms with van der Waals surface area (Å²) in [7, 11) is -4.34. The van der Waals surface area contributed by atoms with Crippen molar-refractivity contribution in [1.82, 2.24) is 10.5 Å². The van der Waals surface area contributed by atoms with E-state index in [0.29, 0.717) is 29.5 Å². The first-order chi connectivity index (χ1) is 11.9. The summed E-state index contributed by atoms with van der Waals surface area (Å²) >= 11 is 0. The van der Waals surface area contributed by atoms with Gasteiger partial charge in [-0.1, -0.05) is 30.3 Å². The smallest absolute Gasteiger partial charge is 0.304 e. The highest BCUT2D eigenvalue weighted by Gasteiger charge is 2.20. The third-order valence-corrected chi connectivity index (χ3v) is 4.74. The number of fused-ring (bicyclic) bond motifs is 1. The van der Waals surface area contributed by atoms with Gasteiger partial charge in [0.05, 0.1) is 12.1 Å². The largest absolute Gasteiger partial charge is 0.481 e. The first-order valence-corrected chi connectivity index (χ1v) is 8.98. The Bertz CT molecular complexity index is 942. The van der Waals surface area contributed by atoms with Gasteiger partial charge in [0.1, 0.15) is 4.90 Å². The third-order valence-electron chi connectivity index (χ3n) is 3.82. The van der Waals surface area contributed by atoms with Crippen LogP contribution in [0, 0.1) is 0 Å². The Labute approximate surface area is 144 Å². The van der Waals surface area contributed by atoms with E-state index >= 15 is 0 Å². The number of benzene rings is 2. The summed E-state index contributed by atoms with van der Waals surface area (Å²) in [5.74, 6) is -0.883. The summed E-state index contributed by atoms with van der Waals surface area (Å²) in [5.41, 5.74) is 3.76. The Kier molecular flexibility index (Phi) is 4.73. The van der Waals surface area contributed by atoms with Crippen molar-refractivity contribution < 1.29 is 22.9 Å². The quantitative estimate of drug-likeness (QED) is 0.688. The molecular weight excluding hydrogens is 346 g/mol. The van der Waals surface area contributed by atoms with Gasteiger partial charge in [-0.05, 0) is 12.1 Å². The number of rotatable bonds is 5. The molecular formula is C16H17N3O5S. The fourth-order valence-electron chi connectivity index (χ4n) is 2.70. The predicted octanol–water partition coefficient (Wildman–Crippen LogP) is 1.62. The number of hydrazine groups is 2. The molecule has 0 atom stereocenters. The number of nitrogens with zero attached hydrogens (tertiary/aromatic N) is 2. The van der Waals surface area contributed by atoms with E-state index in [9.17, 15) is 17.8 Å². The van der Waals surface area contributed by atoms with Gasteiger partial charge in [-0.15, -0.1) is 0 Å². The fraction of sp³-hybridized carbons (Fsp3) is 0.188. The van der Waals surface area contributed by atoms with Gasteiger partial charge in [-0.2, -0.15) is 14.0 Å². The molecule has 0 fully saturated rings. The average molecular weight is 363 g/mol. The third kappa shape index (κ3) is 3.80. The Morgan fingerprint density at radius 1 is 1.16 bits per heavy atom. The van der Waals surface area contributed by atoms with Gasteiger partial charge in [0.25, 0.3) is 10.1 Å². The zero-order chi connectivity index (χ0) is 18.0. The molecule has 1 aliphatic heterocycles. The molecule has 2 aromatic rings. The molecule has 2 aromatic carbocycles. The van der Waals surface area contributed by atoms with Crippen molar-refractivity contribution in [2.75, 3.05) is 18.1 Å². The highest BCUT2D eigenvalue weighted by molar-refractivity contribution is 7.86. The van der Waals surface area contributed by atoms with E-state index < -0.39 is 16.1 Å². The summed E-state index contributed by atoms with van der Waals surface area (Å²) in [6.45, 7) is 0.863. The number of aliphatic carboxylic acids is 1. The molecule has 0 bridgehead atoms. The summed E-state index contributed by atoms with van der Waals surface area (Å²) in [4.78, 5) is 10.6. The second-order valence-electron chi connectivity index (χ2n) is 5.55. The number of carboxylic acid groups (broad SMARTS) is 1. The van der Waals surface area contributed by atoms with Crippen LogP contribution in [0.4, 0.5) is 5.69 Å². The van der Waals surface area contributed by atoms with Gasteiger partial charge in [0.2, 0.25) is 0 Å². The van der Waals surface area contributed by atoms with Crippen LogP contribution in [0.2, 0.25) is 0 Å². The minimum Gasteiger partial charge on any atom is -0.481 e. The topological polar surface area (TPSA) is 110 Å². The van der Waals surface area contributed by atoms with Crippen LogP contribution < -0.4 is 10.5 Å². The lowest BCUT2D eigenvalue weighted by Gasteiger charge is -2.33. The highest BCUT2D eigenvalue weighted by Crippen LogP contribution is 2.31. The molecule has 25 heavy (non-hydrogen) atoms. The first-order valence-electron chi connectivity index (χ1n) is 7.54. The Hall–Kier alpha value is -2.46. The minimum absolute atomic E-state index is 0.00286. The van der Waals surface area contributed by atoms with Gasteiger partial charge in [0.15, 0.2) is 0 Å². The van der Waals surface area contributed by atoms with Crippen molar-refractivity contribution in [3.63, 3.8) is 0 Å². The molecule has 9 heteroatoms. The van der Waals surface area contributed by atoms with Crippen LogP contribution in [0.15, 0.2) is 53.6 Å². The summed E-state index contributed by atoms with van der Waals surface area (Å²) in [5, 5.41) is 13.3. The normalized spacial score (nSPS) is 15.6. The molecule has 0 amide bonds. The number of carbonyl (C=O) groups is 1. The monoisotopic (exact) mass is 363 g/mol. The van der Waals surface area contributed by atoms with Gasteiger partial charge in [-0.3, -0.25) is 14.4 Å². The van der Waals surface area contributed by atoms with Gasteiger partial charge < -0.3 is 5.11 Å². The lowest BCUT2D eigenvalue weighted by atomic mass is 10.1. The van der Waals surface area contributed by atoms with Crippen molar-refractivity contribution in [2.45, 2.75) is 11.3 Å². The standard InChI is InChI=1S/C16H17N3O5S/c20-16(21)8-11-18-9-3-10-19(17-18)14-6-7-15(25(22,23)24)13-5-2-1-4-12(13)14/h1-7,10,17H,8-9,11H2,(H,20,21)(H,22,23,24). The van der Waals surface area contributed by atoms with E-state index in [1.165, 1.54) is 6.07 Å². The highest BCUT2D eigenvalue weighted by atomic mass is 32.2. The maximum absolute atomic E-state index is 11.6. The van der Waals surface area contributed by atoms with Crippen molar-refractivity contribution in [1.29, 1.82) is 0 Å². The van der Waals surface area contributed by atoms with Crippen molar-refractivity contribution in [3.05, 3.63) is 48.7 Å². The van der Waals surface area contributed by atoms with Crippen LogP contribution in [0.1, 0.15) is 6.42 Å². The number of anilines is 1. The van der Waals surface area contributed by atoms with Gasteiger partial charge >= 0.3 is 5.97 Å². The lowest BCUT2D eigenvalue weighted by Crippen LogP contribution is -2.51. The Morgan fingerprint density at radius 2 is 1.88 bits per heavy atom. The second-order valence-corrected chi connectivity index (χ2v) is 6.94. The molecule has 0 saturated heterocycles. The lowest BCUT2D eigenvalue weighted by molar-refractivity contribution is -0.137. The van der Waals surface area contributed by atoms with Crippen LogP contribution in [0.3, 0.4) is 0 Å². The van der Waals surface area contributed by atoms with E-state index in [4.69, 9.17) is 5.11 Å². The first kappa shape index (κ1) is 17.4. The average Bonchev–Trinajstić information content (AvgIpc) is 2.58. The zero-order valence-corrected chi connectivity index (χ0v) is 14.0. The molecule has 0 aromatic heterocycles. The van der Waals surface area contributed by atoms with Crippen LogP contribution in [-0.4, -0.2) is 42.1 Å². The molecule has 8 nitrogen and oxygen atoms in total. The van der Waals surface area contributed by atoms with Crippen molar-refractivity contribution in [2.24, 2.45) is 0 Å². The maximum atomic E-state index is 11.6. The molecule has 1 heterocycles. The number of hydrogen-bond donors (Lipinski definition) is 3. The fourth-order valence-corrected chi connectivity index (χ4v) is 3.40. The van der Waals surface area contributed by atoms with Gasteiger partial charge in [0, 0.05) is 30.1 Å². The molecule has 3 N–H and O–H groups in total. The predicted molar refractivity (Wildman–Crippen MR) is 92.3 cm³/mol. The molecule has 3 rings (SSSR count). The van der Waals surface area contributed by atoms with E-state index in [-0.39, 0.29) is 11.3 Å². The maximum Gasteiger partial charge on any atom is 0.304 e. The van der Waals surface area contributed by atoms with E-state index in [1.807, 2.05) is 6.08 Å². The summed E-state index contributed by atoms with van der Waals surface area (Å²) in [6, 6.07) is 9.78.